The van der Waals surface area contributed by atoms with Crippen LogP contribution < -0.4 is 20.1 Å². The van der Waals surface area contributed by atoms with E-state index in [0.29, 0.717) is 27.6 Å². The Labute approximate surface area is 183 Å². The number of rotatable bonds is 8. The first kappa shape index (κ1) is 22.3. The minimum Gasteiger partial charge on any atom is -0.493 e. The summed E-state index contributed by atoms with van der Waals surface area (Å²) in [7, 11) is 1.42. The molecule has 0 bridgehead atoms. The van der Waals surface area contributed by atoms with Gasteiger partial charge in [0.25, 0.3) is 11.8 Å². The van der Waals surface area contributed by atoms with Gasteiger partial charge in [0.2, 0.25) is 0 Å². The third-order valence-corrected chi connectivity index (χ3v) is 4.45. The topological polar surface area (TPSA) is 134 Å². The summed E-state index contributed by atoms with van der Waals surface area (Å²) >= 11 is 0. The zero-order valence-corrected chi connectivity index (χ0v) is 17.4. The number of urea groups is 1. The third kappa shape index (κ3) is 5.42. The minimum absolute atomic E-state index is 0.0653. The second kappa shape index (κ2) is 9.65. The Morgan fingerprint density at radius 1 is 1.12 bits per heavy atom. The van der Waals surface area contributed by atoms with Crippen molar-refractivity contribution in [3.8, 4) is 11.5 Å². The van der Waals surface area contributed by atoms with Crippen molar-refractivity contribution in [1.82, 2.24) is 10.2 Å². The summed E-state index contributed by atoms with van der Waals surface area (Å²) in [5.41, 5.74) is 2.16. The molecule has 0 unspecified atom stereocenters. The molecule has 1 heterocycles. The molecule has 10 heteroatoms. The average Bonchev–Trinajstić information content (AvgIpc) is 3.01. The molecular formula is C22H21N3O7. The molecular weight excluding hydrogens is 418 g/mol. The number of imide groups is 1. The first-order valence-corrected chi connectivity index (χ1v) is 9.50. The van der Waals surface area contributed by atoms with E-state index >= 15 is 0 Å². The molecule has 0 aromatic heterocycles. The molecule has 0 radical (unpaired) electrons. The highest BCUT2D eigenvalue weighted by Gasteiger charge is 2.34. The number of hydrogen-bond donors (Lipinski definition) is 3. The minimum atomic E-state index is -1.30. The number of carboxylic acids is 1. The predicted octanol–water partition coefficient (Wildman–Crippen LogP) is 2.00. The van der Waals surface area contributed by atoms with E-state index in [0.717, 1.165) is 5.56 Å². The van der Waals surface area contributed by atoms with Crippen molar-refractivity contribution in [2.45, 2.75) is 6.92 Å². The van der Waals surface area contributed by atoms with Crippen LogP contribution in [0.2, 0.25) is 0 Å². The maximum Gasteiger partial charge on any atom is 0.329 e. The van der Waals surface area contributed by atoms with Crippen molar-refractivity contribution in [1.29, 1.82) is 0 Å². The van der Waals surface area contributed by atoms with Gasteiger partial charge < -0.3 is 25.2 Å². The van der Waals surface area contributed by atoms with Gasteiger partial charge in [-0.25, -0.2) is 9.69 Å². The second-order valence-electron chi connectivity index (χ2n) is 6.89. The number of carboxylic acid groups (broad SMARTS) is 1. The van der Waals surface area contributed by atoms with Crippen LogP contribution in [0.3, 0.4) is 0 Å². The number of aliphatic carboxylic acids is 1. The van der Waals surface area contributed by atoms with E-state index in [1.807, 2.05) is 19.1 Å². The third-order valence-electron chi connectivity index (χ3n) is 4.45. The summed E-state index contributed by atoms with van der Waals surface area (Å²) in [4.78, 5) is 47.6. The molecule has 2 aromatic rings. The van der Waals surface area contributed by atoms with Gasteiger partial charge in [0.05, 0.1) is 7.11 Å². The van der Waals surface area contributed by atoms with Crippen molar-refractivity contribution in [3.63, 3.8) is 0 Å². The Balaban J connectivity index is 1.67. The summed E-state index contributed by atoms with van der Waals surface area (Å²) in [6, 6.07) is 11.2. The normalized spacial score (nSPS) is 14.3. The fourth-order valence-corrected chi connectivity index (χ4v) is 2.89. The van der Waals surface area contributed by atoms with Gasteiger partial charge in [-0.1, -0.05) is 23.8 Å². The van der Waals surface area contributed by atoms with E-state index in [2.05, 4.69) is 10.6 Å². The van der Waals surface area contributed by atoms with E-state index in [-0.39, 0.29) is 18.2 Å². The molecule has 1 aliphatic heterocycles. The highest BCUT2D eigenvalue weighted by Crippen LogP contribution is 2.29. The van der Waals surface area contributed by atoms with Crippen molar-refractivity contribution in [2.75, 3.05) is 25.6 Å². The lowest BCUT2D eigenvalue weighted by molar-refractivity contribution is -0.140. The first-order chi connectivity index (χ1) is 15.3. The Hall–Kier alpha value is -4.34. The van der Waals surface area contributed by atoms with Crippen LogP contribution in [0.25, 0.3) is 6.08 Å². The molecule has 1 saturated heterocycles. The SMILES string of the molecule is COc1cc(/C=C2/NC(=O)N(CC(=O)O)C2=O)ccc1OCC(=O)Nc1ccc(C)cc1. The van der Waals surface area contributed by atoms with Gasteiger partial charge in [0, 0.05) is 5.69 Å². The van der Waals surface area contributed by atoms with Crippen LogP contribution in [0, 0.1) is 6.92 Å². The number of carbonyl (C=O) groups is 4. The summed E-state index contributed by atoms with van der Waals surface area (Å²) in [5, 5.41) is 13.9. The standard InChI is InChI=1S/C22H21N3O7/c1-13-3-6-15(7-4-13)23-19(26)12-32-17-8-5-14(10-18(17)31-2)9-16-21(29)25(11-20(27)28)22(30)24-16/h3-10H,11-12H2,1-2H3,(H,23,26)(H,24,30)(H,27,28)/b16-9+. The summed E-state index contributed by atoms with van der Waals surface area (Å²) in [6.45, 7) is 0.968. The van der Waals surface area contributed by atoms with Crippen LogP contribution in [0.1, 0.15) is 11.1 Å². The van der Waals surface area contributed by atoms with E-state index in [9.17, 15) is 19.2 Å². The number of ether oxygens (including phenoxy) is 2. The fourth-order valence-electron chi connectivity index (χ4n) is 2.89. The smallest absolute Gasteiger partial charge is 0.329 e. The summed E-state index contributed by atoms with van der Waals surface area (Å²) in [5.74, 6) is -1.78. The van der Waals surface area contributed by atoms with Gasteiger partial charge in [-0.3, -0.25) is 14.4 Å². The number of nitrogens with one attached hydrogen (secondary N) is 2. The van der Waals surface area contributed by atoms with Gasteiger partial charge >= 0.3 is 12.0 Å². The molecule has 1 fully saturated rings. The van der Waals surface area contributed by atoms with Crippen molar-refractivity contribution < 1.29 is 33.8 Å². The Morgan fingerprint density at radius 3 is 2.50 bits per heavy atom. The molecule has 0 saturated carbocycles. The molecule has 0 atom stereocenters. The van der Waals surface area contributed by atoms with Crippen molar-refractivity contribution in [3.05, 3.63) is 59.3 Å². The Bertz CT molecular complexity index is 1090. The lowest BCUT2D eigenvalue weighted by Gasteiger charge is -2.12. The number of methoxy groups -OCH3 is 1. The zero-order chi connectivity index (χ0) is 23.3. The number of benzene rings is 2. The van der Waals surface area contributed by atoms with Gasteiger partial charge in [-0.2, -0.15) is 0 Å². The largest absolute Gasteiger partial charge is 0.493 e. The molecule has 32 heavy (non-hydrogen) atoms. The van der Waals surface area contributed by atoms with Gasteiger partial charge in [0.1, 0.15) is 12.2 Å². The molecule has 10 nitrogen and oxygen atoms in total. The Morgan fingerprint density at radius 2 is 1.84 bits per heavy atom. The first-order valence-electron chi connectivity index (χ1n) is 9.50. The van der Waals surface area contributed by atoms with Crippen LogP contribution in [0.15, 0.2) is 48.2 Å². The predicted molar refractivity (Wildman–Crippen MR) is 114 cm³/mol. The number of aryl methyl sites for hydroxylation is 1. The van der Waals surface area contributed by atoms with Crippen LogP contribution in [-0.2, 0) is 14.4 Å². The molecule has 0 spiro atoms. The summed E-state index contributed by atoms with van der Waals surface area (Å²) in [6.07, 6.45) is 1.39. The number of carbonyl (C=O) groups excluding carboxylic acids is 3. The molecule has 166 valence electrons. The fraction of sp³-hybridized carbons (Fsp3) is 0.182. The lowest BCUT2D eigenvalue weighted by atomic mass is 10.1. The van der Waals surface area contributed by atoms with Crippen LogP contribution >= 0.6 is 0 Å². The van der Waals surface area contributed by atoms with Crippen molar-refractivity contribution in [2.24, 2.45) is 0 Å². The molecule has 4 amide bonds. The number of anilines is 1. The highest BCUT2D eigenvalue weighted by atomic mass is 16.5. The second-order valence-corrected chi connectivity index (χ2v) is 6.89. The van der Waals surface area contributed by atoms with Gasteiger partial charge in [0.15, 0.2) is 18.1 Å². The average molecular weight is 439 g/mol. The van der Waals surface area contributed by atoms with E-state index in [4.69, 9.17) is 14.6 Å². The maximum atomic E-state index is 12.2. The number of amides is 4. The van der Waals surface area contributed by atoms with Crippen LogP contribution in [0.5, 0.6) is 11.5 Å². The zero-order valence-electron chi connectivity index (χ0n) is 17.4. The van der Waals surface area contributed by atoms with E-state index < -0.39 is 24.5 Å². The van der Waals surface area contributed by atoms with Crippen molar-refractivity contribution >= 4 is 35.6 Å². The lowest BCUT2D eigenvalue weighted by Crippen LogP contribution is -2.35. The van der Waals surface area contributed by atoms with E-state index in [1.54, 1.807) is 30.3 Å². The van der Waals surface area contributed by atoms with Crippen LogP contribution in [-0.4, -0.2) is 54.1 Å². The Kier molecular flexibility index (Phi) is 6.74. The molecule has 1 aliphatic rings. The summed E-state index contributed by atoms with van der Waals surface area (Å²) < 4.78 is 10.8. The quantitative estimate of drug-likeness (QED) is 0.423. The molecule has 2 aromatic carbocycles. The monoisotopic (exact) mass is 439 g/mol. The molecule has 3 rings (SSSR count). The van der Waals surface area contributed by atoms with Gasteiger partial charge in [-0.15, -0.1) is 0 Å². The highest BCUT2D eigenvalue weighted by molar-refractivity contribution is 6.15. The molecule has 3 N–H and O–H groups in total. The number of hydrogen-bond acceptors (Lipinski definition) is 6. The van der Waals surface area contributed by atoms with Gasteiger partial charge in [-0.05, 0) is 42.8 Å². The number of nitrogens with zero attached hydrogens (tertiary/aromatic N) is 1. The molecule has 0 aliphatic carbocycles. The van der Waals surface area contributed by atoms with Crippen LogP contribution in [0.4, 0.5) is 10.5 Å². The van der Waals surface area contributed by atoms with E-state index in [1.165, 1.54) is 13.2 Å². The maximum absolute atomic E-state index is 12.2.